The number of nitrogens with zero attached hydrogens (tertiary/aromatic N) is 1. The molecule has 130 valence electrons. The quantitative estimate of drug-likeness (QED) is 0.845. The molecule has 2 aromatic carbocycles. The van der Waals surface area contributed by atoms with Crippen LogP contribution < -0.4 is 14.2 Å². The molecule has 0 saturated heterocycles. The van der Waals surface area contributed by atoms with Crippen molar-refractivity contribution in [3.05, 3.63) is 45.5 Å². The number of hydrogen-bond donors (Lipinski definition) is 1. The van der Waals surface area contributed by atoms with Crippen LogP contribution in [0.4, 0.5) is 0 Å². The van der Waals surface area contributed by atoms with Crippen molar-refractivity contribution in [3.8, 4) is 23.0 Å². The normalized spacial score (nSPS) is 20.6. The summed E-state index contributed by atoms with van der Waals surface area (Å²) in [5.74, 6) is 2.12. The highest BCUT2D eigenvalue weighted by Crippen LogP contribution is 2.48. The van der Waals surface area contributed by atoms with E-state index >= 15 is 0 Å². The lowest BCUT2D eigenvalue weighted by atomic mass is 9.83. The highest BCUT2D eigenvalue weighted by atomic mass is 35.5. The van der Waals surface area contributed by atoms with E-state index in [0.29, 0.717) is 16.5 Å². The first kappa shape index (κ1) is 15.2. The van der Waals surface area contributed by atoms with Gasteiger partial charge in [-0.2, -0.15) is 0 Å². The number of ether oxygens (including phenoxy) is 3. The summed E-state index contributed by atoms with van der Waals surface area (Å²) in [6, 6.07) is 6.09. The fourth-order valence-electron chi connectivity index (χ4n) is 4.22. The zero-order chi connectivity index (χ0) is 17.1. The number of rotatable bonds is 1. The standard InChI is InChI=1S/C19H18ClNO4/c1-23-16-5-10-2-3-21-8-13-11(4-14(21)12(10)7-15(16)22)6-17-19(18(13)20)25-9-24-17/h5-7,14,22H,2-4,8-9H2,1H3. The van der Waals surface area contributed by atoms with Gasteiger partial charge >= 0.3 is 0 Å². The van der Waals surface area contributed by atoms with Crippen LogP contribution in [-0.4, -0.2) is 30.5 Å². The molecule has 0 bridgehead atoms. The maximum Gasteiger partial charge on any atom is 0.231 e. The van der Waals surface area contributed by atoms with Crippen LogP contribution in [0.25, 0.3) is 0 Å². The summed E-state index contributed by atoms with van der Waals surface area (Å²) < 4.78 is 16.3. The summed E-state index contributed by atoms with van der Waals surface area (Å²) in [6.07, 6.45) is 1.77. The van der Waals surface area contributed by atoms with E-state index in [0.717, 1.165) is 37.2 Å². The lowest BCUT2D eigenvalue weighted by molar-refractivity contribution is 0.160. The van der Waals surface area contributed by atoms with Gasteiger partial charge in [0.2, 0.25) is 6.79 Å². The zero-order valence-electron chi connectivity index (χ0n) is 13.8. The van der Waals surface area contributed by atoms with Gasteiger partial charge in [-0.1, -0.05) is 11.6 Å². The molecular weight excluding hydrogens is 342 g/mol. The van der Waals surface area contributed by atoms with E-state index in [4.69, 9.17) is 25.8 Å². The van der Waals surface area contributed by atoms with Crippen molar-refractivity contribution in [3.63, 3.8) is 0 Å². The summed E-state index contributed by atoms with van der Waals surface area (Å²) in [7, 11) is 1.58. The Morgan fingerprint density at radius 3 is 2.96 bits per heavy atom. The summed E-state index contributed by atoms with van der Waals surface area (Å²) in [5, 5.41) is 10.9. The van der Waals surface area contributed by atoms with Gasteiger partial charge in [0.1, 0.15) is 0 Å². The highest BCUT2D eigenvalue weighted by Gasteiger charge is 2.36. The van der Waals surface area contributed by atoms with Gasteiger partial charge < -0.3 is 19.3 Å². The van der Waals surface area contributed by atoms with E-state index in [-0.39, 0.29) is 18.6 Å². The second-order valence-corrected chi connectivity index (χ2v) is 7.10. The number of methoxy groups -OCH3 is 1. The highest BCUT2D eigenvalue weighted by molar-refractivity contribution is 6.33. The molecule has 1 unspecified atom stereocenters. The number of hydrogen-bond acceptors (Lipinski definition) is 5. The second-order valence-electron chi connectivity index (χ2n) is 6.73. The number of halogens is 1. The van der Waals surface area contributed by atoms with Crippen LogP contribution in [0.15, 0.2) is 18.2 Å². The number of phenolic OH excluding ortho intramolecular Hbond substituents is 1. The van der Waals surface area contributed by atoms with Gasteiger partial charge in [0.15, 0.2) is 23.0 Å². The molecule has 0 saturated carbocycles. The van der Waals surface area contributed by atoms with E-state index < -0.39 is 0 Å². The Hall–Kier alpha value is -2.11. The number of phenols is 1. The van der Waals surface area contributed by atoms with Gasteiger partial charge in [-0.15, -0.1) is 0 Å². The zero-order valence-corrected chi connectivity index (χ0v) is 14.6. The molecule has 2 aromatic rings. The smallest absolute Gasteiger partial charge is 0.231 e. The molecule has 1 atom stereocenters. The Morgan fingerprint density at radius 1 is 1.24 bits per heavy atom. The largest absolute Gasteiger partial charge is 0.504 e. The monoisotopic (exact) mass is 359 g/mol. The molecule has 3 heterocycles. The average molecular weight is 360 g/mol. The van der Waals surface area contributed by atoms with Crippen molar-refractivity contribution in [2.24, 2.45) is 0 Å². The molecule has 3 aliphatic rings. The molecule has 0 radical (unpaired) electrons. The minimum absolute atomic E-state index is 0.192. The molecule has 5 nitrogen and oxygen atoms in total. The Balaban J connectivity index is 1.59. The van der Waals surface area contributed by atoms with Crippen molar-refractivity contribution in [2.45, 2.75) is 25.4 Å². The first-order chi connectivity index (χ1) is 12.2. The Kier molecular flexibility index (Phi) is 3.30. The van der Waals surface area contributed by atoms with Crippen LogP contribution in [-0.2, 0) is 19.4 Å². The van der Waals surface area contributed by atoms with Crippen LogP contribution in [0, 0.1) is 0 Å². The predicted molar refractivity (Wildman–Crippen MR) is 92.8 cm³/mol. The molecule has 1 N–H and O–H groups in total. The molecule has 0 fully saturated rings. The second kappa shape index (κ2) is 5.44. The third kappa shape index (κ3) is 2.19. The Morgan fingerprint density at radius 2 is 2.12 bits per heavy atom. The van der Waals surface area contributed by atoms with Gasteiger partial charge in [0, 0.05) is 19.1 Å². The fraction of sp³-hybridized carbons (Fsp3) is 0.368. The molecule has 0 aromatic heterocycles. The summed E-state index contributed by atoms with van der Waals surface area (Å²) in [5.41, 5.74) is 4.73. The van der Waals surface area contributed by atoms with Crippen molar-refractivity contribution in [1.29, 1.82) is 0 Å². The van der Waals surface area contributed by atoms with Crippen molar-refractivity contribution in [2.75, 3.05) is 20.4 Å². The molecule has 25 heavy (non-hydrogen) atoms. The summed E-state index contributed by atoms with van der Waals surface area (Å²) in [4.78, 5) is 2.42. The third-order valence-corrected chi connectivity index (χ3v) is 5.88. The molecule has 0 aliphatic carbocycles. The van der Waals surface area contributed by atoms with E-state index in [1.165, 1.54) is 16.7 Å². The lowest BCUT2D eigenvalue weighted by Gasteiger charge is -2.41. The summed E-state index contributed by atoms with van der Waals surface area (Å²) >= 11 is 6.58. The van der Waals surface area contributed by atoms with Crippen LogP contribution in [0.5, 0.6) is 23.0 Å². The van der Waals surface area contributed by atoms with Crippen molar-refractivity contribution < 1.29 is 19.3 Å². The van der Waals surface area contributed by atoms with Crippen LogP contribution in [0.3, 0.4) is 0 Å². The van der Waals surface area contributed by atoms with E-state index in [1.54, 1.807) is 7.11 Å². The molecule has 3 aliphatic heterocycles. The molecular formula is C19H18ClNO4. The van der Waals surface area contributed by atoms with E-state index in [9.17, 15) is 5.11 Å². The summed E-state index contributed by atoms with van der Waals surface area (Å²) in [6.45, 7) is 1.96. The maximum atomic E-state index is 10.2. The molecule has 0 amide bonds. The van der Waals surface area contributed by atoms with Crippen LogP contribution >= 0.6 is 11.6 Å². The SMILES string of the molecule is COc1cc2c(cc1O)C1Cc3cc4c(c(Cl)c3CN1CC2)OCO4. The average Bonchev–Trinajstić information content (AvgIpc) is 3.09. The van der Waals surface area contributed by atoms with Crippen molar-refractivity contribution in [1.82, 2.24) is 4.90 Å². The number of benzene rings is 2. The Bertz CT molecular complexity index is 882. The minimum Gasteiger partial charge on any atom is -0.504 e. The lowest BCUT2D eigenvalue weighted by Crippen LogP contribution is -2.39. The molecule has 0 spiro atoms. The number of fused-ring (bicyclic) bond motifs is 5. The first-order valence-corrected chi connectivity index (χ1v) is 8.77. The Labute approximate surface area is 150 Å². The van der Waals surface area contributed by atoms with Gasteiger partial charge in [-0.3, -0.25) is 4.90 Å². The topological polar surface area (TPSA) is 51.2 Å². The predicted octanol–water partition coefficient (Wildman–Crippen LogP) is 3.44. The van der Waals surface area contributed by atoms with Gasteiger partial charge in [-0.05, 0) is 53.3 Å². The third-order valence-electron chi connectivity index (χ3n) is 5.48. The minimum atomic E-state index is 0.192. The fourth-order valence-corrected chi connectivity index (χ4v) is 4.55. The van der Waals surface area contributed by atoms with Gasteiger partial charge in [0.05, 0.1) is 12.1 Å². The number of aromatic hydroxyl groups is 1. The molecule has 6 heteroatoms. The van der Waals surface area contributed by atoms with Crippen LogP contribution in [0.2, 0.25) is 5.02 Å². The van der Waals surface area contributed by atoms with Crippen LogP contribution in [0.1, 0.15) is 28.3 Å². The maximum absolute atomic E-state index is 10.2. The molecule has 5 rings (SSSR count). The van der Waals surface area contributed by atoms with E-state index in [2.05, 4.69) is 11.0 Å². The van der Waals surface area contributed by atoms with E-state index in [1.807, 2.05) is 12.1 Å². The van der Waals surface area contributed by atoms with Gasteiger partial charge in [-0.25, -0.2) is 0 Å². The van der Waals surface area contributed by atoms with Gasteiger partial charge in [0.25, 0.3) is 0 Å². The van der Waals surface area contributed by atoms with Crippen molar-refractivity contribution >= 4 is 11.6 Å². The first-order valence-electron chi connectivity index (χ1n) is 8.39.